The molecule has 1 unspecified atom stereocenters. The molecule has 3 rings (SSSR count). The summed E-state index contributed by atoms with van der Waals surface area (Å²) in [5.41, 5.74) is 1.86. The van der Waals surface area contributed by atoms with E-state index in [1.165, 1.54) is 6.92 Å². The third-order valence-electron chi connectivity index (χ3n) is 3.88. The van der Waals surface area contributed by atoms with E-state index in [2.05, 4.69) is 46.3 Å². The predicted molar refractivity (Wildman–Crippen MR) is 111 cm³/mol. The molecule has 170 valence electrons. The topological polar surface area (TPSA) is 224 Å². The maximum atomic E-state index is 11.7. The maximum absolute atomic E-state index is 11.7. The molecule has 1 atom stereocenters. The van der Waals surface area contributed by atoms with Gasteiger partial charge in [0, 0.05) is 6.54 Å². The van der Waals surface area contributed by atoms with Gasteiger partial charge in [-0.2, -0.15) is 38.7 Å². The van der Waals surface area contributed by atoms with E-state index in [4.69, 9.17) is 16.7 Å². The number of aromatic nitrogens is 3. The molecule has 1 amide bonds. The number of aliphatic hydroxyl groups excluding tert-OH is 1. The molecule has 0 aliphatic carbocycles. The molecular formula is C15H16ClN9O6S. The number of amides is 1. The van der Waals surface area contributed by atoms with Gasteiger partial charge >= 0.3 is 0 Å². The number of hydrogen-bond donors (Lipinski definition) is 6. The number of hydrazone groups is 1. The van der Waals surface area contributed by atoms with Crippen molar-refractivity contribution in [3.63, 3.8) is 0 Å². The van der Waals surface area contributed by atoms with Crippen molar-refractivity contribution in [2.75, 3.05) is 23.8 Å². The Morgan fingerprint density at radius 1 is 1.25 bits per heavy atom. The molecule has 2 aromatic rings. The average Bonchev–Trinajstić information content (AvgIpc) is 3.03. The quantitative estimate of drug-likeness (QED) is 0.172. The van der Waals surface area contributed by atoms with E-state index in [0.717, 1.165) is 12.1 Å². The fraction of sp³-hybridized carbons (Fsp3) is 0.267. The Bertz CT molecular complexity index is 1220. The van der Waals surface area contributed by atoms with E-state index < -0.39 is 32.7 Å². The zero-order chi connectivity index (χ0) is 23.5. The predicted octanol–water partition coefficient (Wildman–Crippen LogP) is 0.583. The van der Waals surface area contributed by atoms with Crippen molar-refractivity contribution in [1.29, 1.82) is 0 Å². The molecule has 1 aliphatic rings. The maximum Gasteiger partial charge on any atom is 0.294 e. The summed E-state index contributed by atoms with van der Waals surface area (Å²) in [7, 11) is -4.72. The molecule has 15 nitrogen and oxygen atoms in total. The normalized spacial score (nSPS) is 16.2. The minimum Gasteiger partial charge on any atom is -0.504 e. The molecule has 0 fully saturated rings. The second kappa shape index (κ2) is 9.35. The van der Waals surface area contributed by atoms with E-state index in [0.29, 0.717) is 5.71 Å². The van der Waals surface area contributed by atoms with Crippen LogP contribution in [0.15, 0.2) is 32.4 Å². The monoisotopic (exact) mass is 485 g/mol. The standard InChI is InChI=1S/C15H16ClN9O6S/c1-6-10(12(28)25-22-6)24-23-9-5-7(32(29,30)31)4-8(11(9)27)18-15-20-13(16)19-14(21-15)17-2-3-26/h4-5,10,26-27H,2-3H2,1H3,(H,25,28)(H,29,30,31)(H2,17,18,19,20,21). The highest BCUT2D eigenvalue weighted by Gasteiger charge is 2.27. The summed E-state index contributed by atoms with van der Waals surface area (Å²) in [6.45, 7) is 1.43. The first-order valence-corrected chi connectivity index (χ1v) is 10.5. The lowest BCUT2D eigenvalue weighted by Crippen LogP contribution is -2.25. The number of hydrogen-bond acceptors (Lipinski definition) is 13. The van der Waals surface area contributed by atoms with Crippen molar-refractivity contribution in [1.82, 2.24) is 20.4 Å². The number of phenols is 1. The van der Waals surface area contributed by atoms with Gasteiger partial charge in [-0.1, -0.05) is 0 Å². The molecule has 2 heterocycles. The molecule has 1 aromatic carbocycles. The van der Waals surface area contributed by atoms with Crippen LogP contribution in [-0.4, -0.2) is 68.9 Å². The smallest absolute Gasteiger partial charge is 0.294 e. The minimum absolute atomic E-state index is 0.00565. The van der Waals surface area contributed by atoms with Gasteiger partial charge in [-0.05, 0) is 30.7 Å². The van der Waals surface area contributed by atoms with E-state index >= 15 is 0 Å². The molecule has 6 N–H and O–H groups in total. The summed E-state index contributed by atoms with van der Waals surface area (Å²) in [6, 6.07) is 0.688. The van der Waals surface area contributed by atoms with Crippen LogP contribution in [0.3, 0.4) is 0 Å². The van der Waals surface area contributed by atoms with Crippen LogP contribution in [0.2, 0.25) is 5.28 Å². The SMILES string of the molecule is CC1=NNC(=O)C1N=Nc1cc(S(=O)(=O)O)cc(Nc2nc(Cl)nc(NCCO)n2)c1O. The van der Waals surface area contributed by atoms with Gasteiger partial charge in [-0.25, -0.2) is 5.43 Å². The van der Waals surface area contributed by atoms with Crippen LogP contribution in [-0.2, 0) is 14.9 Å². The molecule has 0 saturated carbocycles. The van der Waals surface area contributed by atoms with Crippen molar-refractivity contribution < 1.29 is 28.0 Å². The number of carbonyl (C=O) groups is 1. The number of nitrogens with one attached hydrogen (secondary N) is 3. The van der Waals surface area contributed by atoms with E-state index in [-0.39, 0.29) is 41.7 Å². The van der Waals surface area contributed by atoms with Gasteiger partial charge in [0.25, 0.3) is 16.0 Å². The first-order chi connectivity index (χ1) is 15.1. The third kappa shape index (κ3) is 5.41. The molecular weight excluding hydrogens is 470 g/mol. The van der Waals surface area contributed by atoms with Crippen molar-refractivity contribution in [3.05, 3.63) is 17.4 Å². The average molecular weight is 486 g/mol. The zero-order valence-corrected chi connectivity index (χ0v) is 17.8. The van der Waals surface area contributed by atoms with Crippen molar-refractivity contribution in [2.45, 2.75) is 17.9 Å². The number of aromatic hydroxyl groups is 1. The summed E-state index contributed by atoms with van der Waals surface area (Å²) in [4.78, 5) is 22.7. The number of halogens is 1. The van der Waals surface area contributed by atoms with Gasteiger partial charge in [-0.3, -0.25) is 9.35 Å². The summed E-state index contributed by atoms with van der Waals surface area (Å²) in [5.74, 6) is -1.35. The number of nitrogens with zero attached hydrogens (tertiary/aromatic N) is 6. The van der Waals surface area contributed by atoms with Crippen LogP contribution in [0.5, 0.6) is 5.75 Å². The highest BCUT2D eigenvalue weighted by atomic mass is 35.5. The number of aliphatic hydroxyl groups is 1. The Morgan fingerprint density at radius 3 is 2.59 bits per heavy atom. The number of benzene rings is 1. The number of carbonyl (C=O) groups excluding carboxylic acids is 1. The van der Waals surface area contributed by atoms with Gasteiger partial charge in [0.1, 0.15) is 5.69 Å². The Balaban J connectivity index is 2.01. The number of rotatable bonds is 8. The van der Waals surface area contributed by atoms with E-state index in [9.17, 15) is 22.9 Å². The van der Waals surface area contributed by atoms with Crippen LogP contribution < -0.4 is 16.1 Å². The second-order valence-corrected chi connectivity index (χ2v) is 7.95. The van der Waals surface area contributed by atoms with Gasteiger partial charge < -0.3 is 20.8 Å². The first-order valence-electron chi connectivity index (χ1n) is 8.71. The third-order valence-corrected chi connectivity index (χ3v) is 4.88. The zero-order valence-electron chi connectivity index (χ0n) is 16.2. The van der Waals surface area contributed by atoms with Gasteiger partial charge in [-0.15, -0.1) is 0 Å². The Labute approximate surface area is 185 Å². The Hall–Kier alpha value is -3.47. The summed E-state index contributed by atoms with van der Waals surface area (Å²) < 4.78 is 32.8. The second-order valence-electron chi connectivity index (χ2n) is 6.19. The lowest BCUT2D eigenvalue weighted by molar-refractivity contribution is -0.120. The van der Waals surface area contributed by atoms with Gasteiger partial charge in [0.05, 0.1) is 22.9 Å². The number of anilines is 3. The highest BCUT2D eigenvalue weighted by molar-refractivity contribution is 7.85. The largest absolute Gasteiger partial charge is 0.504 e. The van der Waals surface area contributed by atoms with Crippen LogP contribution in [0, 0.1) is 0 Å². The van der Waals surface area contributed by atoms with E-state index in [1.54, 1.807) is 0 Å². The van der Waals surface area contributed by atoms with Crippen molar-refractivity contribution in [3.8, 4) is 5.75 Å². The van der Waals surface area contributed by atoms with Gasteiger partial charge in [0.2, 0.25) is 17.2 Å². The van der Waals surface area contributed by atoms with E-state index in [1.807, 2.05) is 0 Å². The summed E-state index contributed by atoms with van der Waals surface area (Å²) in [6.07, 6.45) is 0. The molecule has 1 aromatic heterocycles. The van der Waals surface area contributed by atoms with Crippen LogP contribution in [0.1, 0.15) is 6.92 Å². The molecule has 0 saturated heterocycles. The molecule has 1 aliphatic heterocycles. The fourth-order valence-electron chi connectivity index (χ4n) is 2.40. The minimum atomic E-state index is -4.72. The van der Waals surface area contributed by atoms with Crippen molar-refractivity contribution in [2.24, 2.45) is 15.3 Å². The first kappa shape index (κ1) is 23.2. The summed E-state index contributed by atoms with van der Waals surface area (Å²) in [5, 5.41) is 35.6. The number of azo groups is 1. The van der Waals surface area contributed by atoms with Crippen LogP contribution in [0.4, 0.5) is 23.3 Å². The van der Waals surface area contributed by atoms with Gasteiger partial charge in [0.15, 0.2) is 11.8 Å². The molecule has 0 spiro atoms. The fourth-order valence-corrected chi connectivity index (χ4v) is 3.09. The molecule has 17 heteroatoms. The van der Waals surface area contributed by atoms with Crippen molar-refractivity contribution >= 4 is 56.6 Å². The van der Waals surface area contributed by atoms with Crippen LogP contribution >= 0.6 is 11.6 Å². The molecule has 32 heavy (non-hydrogen) atoms. The number of phenolic OH excluding ortho intramolecular Hbond substituents is 1. The van der Waals surface area contributed by atoms with Crippen LogP contribution in [0.25, 0.3) is 0 Å². The lowest BCUT2D eigenvalue weighted by Gasteiger charge is -2.12. The highest BCUT2D eigenvalue weighted by Crippen LogP contribution is 2.39. The summed E-state index contributed by atoms with van der Waals surface area (Å²) >= 11 is 5.83. The molecule has 0 bridgehead atoms. The lowest BCUT2D eigenvalue weighted by atomic mass is 10.2. The Kier molecular flexibility index (Phi) is 6.78. The molecule has 0 radical (unpaired) electrons. The Morgan fingerprint density at radius 2 is 1.97 bits per heavy atom.